The second-order valence-electron chi connectivity index (χ2n) is 5.24. The third-order valence-electron chi connectivity index (χ3n) is 3.31. The normalized spacial score (nSPS) is 10.2. The summed E-state index contributed by atoms with van der Waals surface area (Å²) in [5, 5.41) is 2.49. The third kappa shape index (κ3) is 5.39. The first-order valence-electron chi connectivity index (χ1n) is 7.35. The number of carbonyl (C=O) groups excluding carboxylic acids is 3. The van der Waals surface area contributed by atoms with Gasteiger partial charge in [-0.3, -0.25) is 9.59 Å². The van der Waals surface area contributed by atoms with Crippen LogP contribution in [0.2, 0.25) is 5.02 Å². The lowest BCUT2D eigenvalue weighted by Gasteiger charge is -2.08. The first-order valence-corrected chi connectivity index (χ1v) is 7.73. The van der Waals surface area contributed by atoms with Crippen LogP contribution >= 0.6 is 11.6 Å². The molecule has 25 heavy (non-hydrogen) atoms. The molecule has 0 saturated heterocycles. The van der Waals surface area contributed by atoms with Gasteiger partial charge in [0.25, 0.3) is 5.91 Å². The lowest BCUT2D eigenvalue weighted by molar-refractivity contribution is -0.124. The molecule has 0 atom stereocenters. The third-order valence-corrected chi connectivity index (χ3v) is 3.60. The second-order valence-corrected chi connectivity index (χ2v) is 5.65. The Labute approximate surface area is 148 Å². The Morgan fingerprint density at radius 3 is 2.52 bits per heavy atom. The van der Waals surface area contributed by atoms with Crippen molar-refractivity contribution in [2.75, 3.05) is 6.61 Å². The number of hydrogen-bond acceptors (Lipinski definition) is 4. The topological polar surface area (TPSA) is 72.5 Å². The van der Waals surface area contributed by atoms with Gasteiger partial charge < -0.3 is 10.1 Å². The van der Waals surface area contributed by atoms with E-state index >= 15 is 0 Å². The maximum Gasteiger partial charge on any atom is 0.338 e. The summed E-state index contributed by atoms with van der Waals surface area (Å²) in [5.41, 5.74) is 1.18. The molecule has 0 spiro atoms. The fraction of sp³-hybridized carbons (Fsp3) is 0.167. The molecule has 0 aliphatic heterocycles. The molecular weight excluding hydrogens is 349 g/mol. The molecule has 0 aliphatic rings. The highest BCUT2D eigenvalue weighted by molar-refractivity contribution is 6.30. The SMILES string of the molecule is CC(=O)c1cccc(C(=O)OCC(=O)NCc2ccc(F)c(Cl)c2)c1. The summed E-state index contributed by atoms with van der Waals surface area (Å²) in [5.74, 6) is -1.94. The molecule has 2 aromatic rings. The van der Waals surface area contributed by atoms with Crippen LogP contribution < -0.4 is 5.32 Å². The number of ketones is 1. The number of hydrogen-bond donors (Lipinski definition) is 1. The van der Waals surface area contributed by atoms with Crippen molar-refractivity contribution in [3.8, 4) is 0 Å². The molecule has 130 valence electrons. The number of benzene rings is 2. The number of rotatable bonds is 6. The van der Waals surface area contributed by atoms with Gasteiger partial charge in [0.05, 0.1) is 10.6 Å². The molecule has 5 nitrogen and oxygen atoms in total. The van der Waals surface area contributed by atoms with Crippen molar-refractivity contribution in [1.82, 2.24) is 5.32 Å². The van der Waals surface area contributed by atoms with Crippen molar-refractivity contribution in [2.24, 2.45) is 0 Å². The van der Waals surface area contributed by atoms with Crippen LogP contribution in [0.3, 0.4) is 0 Å². The summed E-state index contributed by atoms with van der Waals surface area (Å²) >= 11 is 5.65. The molecule has 0 heterocycles. The predicted molar refractivity (Wildman–Crippen MR) is 90.0 cm³/mol. The molecule has 1 amide bonds. The summed E-state index contributed by atoms with van der Waals surface area (Å²) < 4.78 is 18.0. The number of nitrogens with one attached hydrogen (secondary N) is 1. The van der Waals surface area contributed by atoms with E-state index < -0.39 is 24.3 Å². The van der Waals surface area contributed by atoms with Gasteiger partial charge in [0.1, 0.15) is 5.82 Å². The zero-order chi connectivity index (χ0) is 18.4. The van der Waals surface area contributed by atoms with E-state index in [2.05, 4.69) is 5.32 Å². The van der Waals surface area contributed by atoms with Crippen LogP contribution in [0.4, 0.5) is 4.39 Å². The van der Waals surface area contributed by atoms with Crippen LogP contribution in [0, 0.1) is 5.82 Å². The predicted octanol–water partition coefficient (Wildman–Crippen LogP) is 3.15. The molecule has 0 aromatic heterocycles. The smallest absolute Gasteiger partial charge is 0.338 e. The van der Waals surface area contributed by atoms with Gasteiger partial charge in [0, 0.05) is 12.1 Å². The Hall–Kier alpha value is -2.73. The fourth-order valence-electron chi connectivity index (χ4n) is 1.98. The monoisotopic (exact) mass is 363 g/mol. The number of halogens is 2. The largest absolute Gasteiger partial charge is 0.452 e. The van der Waals surface area contributed by atoms with Gasteiger partial charge in [0.2, 0.25) is 0 Å². The number of Topliss-reactive ketones (excluding diaryl/α,β-unsaturated/α-hetero) is 1. The molecule has 1 N–H and O–H groups in total. The van der Waals surface area contributed by atoms with Crippen molar-refractivity contribution >= 4 is 29.3 Å². The first-order chi connectivity index (χ1) is 11.9. The average molecular weight is 364 g/mol. The van der Waals surface area contributed by atoms with Crippen molar-refractivity contribution in [3.05, 3.63) is 70.0 Å². The van der Waals surface area contributed by atoms with Gasteiger partial charge in [-0.15, -0.1) is 0 Å². The van der Waals surface area contributed by atoms with Crippen LogP contribution in [-0.2, 0) is 16.1 Å². The second kappa shape index (κ2) is 8.39. The number of esters is 1. The van der Waals surface area contributed by atoms with Crippen LogP contribution in [-0.4, -0.2) is 24.3 Å². The highest BCUT2D eigenvalue weighted by atomic mass is 35.5. The summed E-state index contributed by atoms with van der Waals surface area (Å²) in [7, 11) is 0. The van der Waals surface area contributed by atoms with Crippen molar-refractivity contribution < 1.29 is 23.5 Å². The quantitative estimate of drug-likeness (QED) is 0.632. The van der Waals surface area contributed by atoms with Crippen LogP contribution in [0.1, 0.15) is 33.2 Å². The molecule has 7 heteroatoms. The van der Waals surface area contributed by atoms with Gasteiger partial charge in [-0.2, -0.15) is 0 Å². The Morgan fingerprint density at radius 1 is 1.12 bits per heavy atom. The fourth-order valence-corrected chi connectivity index (χ4v) is 2.18. The molecule has 0 saturated carbocycles. The summed E-state index contributed by atoms with van der Waals surface area (Å²) in [6.45, 7) is 1.04. The van der Waals surface area contributed by atoms with Gasteiger partial charge >= 0.3 is 5.97 Å². The van der Waals surface area contributed by atoms with E-state index in [0.717, 1.165) is 0 Å². The molecule has 0 aliphatic carbocycles. The summed E-state index contributed by atoms with van der Waals surface area (Å²) in [4.78, 5) is 34.9. The van der Waals surface area contributed by atoms with E-state index in [1.165, 1.54) is 37.3 Å². The maximum atomic E-state index is 13.0. The molecule has 2 aromatic carbocycles. The minimum absolute atomic E-state index is 0.0384. The minimum atomic E-state index is -0.705. The van der Waals surface area contributed by atoms with Crippen molar-refractivity contribution in [1.29, 1.82) is 0 Å². The van der Waals surface area contributed by atoms with Crippen molar-refractivity contribution in [3.63, 3.8) is 0 Å². The van der Waals surface area contributed by atoms with Gasteiger partial charge in [0.15, 0.2) is 12.4 Å². The minimum Gasteiger partial charge on any atom is -0.452 e. The molecule has 0 fully saturated rings. The zero-order valence-electron chi connectivity index (χ0n) is 13.3. The van der Waals surface area contributed by atoms with Gasteiger partial charge in [-0.05, 0) is 36.8 Å². The van der Waals surface area contributed by atoms with Crippen molar-refractivity contribution in [2.45, 2.75) is 13.5 Å². The van der Waals surface area contributed by atoms with Gasteiger partial charge in [-0.25, -0.2) is 9.18 Å². The van der Waals surface area contributed by atoms with E-state index in [9.17, 15) is 18.8 Å². The van der Waals surface area contributed by atoms with E-state index in [-0.39, 0.29) is 22.9 Å². The number of ether oxygens (including phenoxy) is 1. The molecule has 0 radical (unpaired) electrons. The highest BCUT2D eigenvalue weighted by Crippen LogP contribution is 2.15. The number of carbonyl (C=O) groups is 3. The Balaban J connectivity index is 1.85. The molecule has 2 rings (SSSR count). The zero-order valence-corrected chi connectivity index (χ0v) is 14.1. The first kappa shape index (κ1) is 18.6. The lowest BCUT2D eigenvalue weighted by atomic mass is 10.1. The van der Waals surface area contributed by atoms with Gasteiger partial charge in [-0.1, -0.05) is 29.8 Å². The Bertz CT molecular complexity index is 822. The summed E-state index contributed by atoms with van der Waals surface area (Å²) in [6.07, 6.45) is 0. The van der Waals surface area contributed by atoms with E-state index in [1.807, 2.05) is 0 Å². The number of amides is 1. The van der Waals surface area contributed by atoms with Crippen LogP contribution in [0.15, 0.2) is 42.5 Å². The van der Waals surface area contributed by atoms with Crippen LogP contribution in [0.5, 0.6) is 0 Å². The molecule has 0 bridgehead atoms. The average Bonchev–Trinajstić information content (AvgIpc) is 2.60. The standard InChI is InChI=1S/C18H15ClFNO4/c1-11(22)13-3-2-4-14(8-13)18(24)25-10-17(23)21-9-12-5-6-16(20)15(19)7-12/h2-8H,9-10H2,1H3,(H,21,23). The van der Waals surface area contributed by atoms with E-state index in [0.29, 0.717) is 11.1 Å². The molecular formula is C18H15ClFNO4. The summed E-state index contributed by atoms with van der Waals surface area (Å²) in [6, 6.07) is 10.1. The Morgan fingerprint density at radius 2 is 1.84 bits per heavy atom. The van der Waals surface area contributed by atoms with E-state index in [4.69, 9.17) is 16.3 Å². The van der Waals surface area contributed by atoms with Crippen LogP contribution in [0.25, 0.3) is 0 Å². The maximum absolute atomic E-state index is 13.0. The lowest BCUT2D eigenvalue weighted by Crippen LogP contribution is -2.28. The molecule has 0 unspecified atom stereocenters. The highest BCUT2D eigenvalue weighted by Gasteiger charge is 2.12. The van der Waals surface area contributed by atoms with E-state index in [1.54, 1.807) is 12.1 Å². The Kier molecular flexibility index (Phi) is 6.25.